The molecule has 0 radical (unpaired) electrons. The van der Waals surface area contributed by atoms with Crippen LogP contribution in [0.4, 0.5) is 4.39 Å². The van der Waals surface area contributed by atoms with Gasteiger partial charge in [0.05, 0.1) is 13.7 Å². The Morgan fingerprint density at radius 3 is 2.45 bits per heavy atom. The van der Waals surface area contributed by atoms with E-state index in [4.69, 9.17) is 9.47 Å². The summed E-state index contributed by atoms with van der Waals surface area (Å²) in [6, 6.07) is 1.88. The van der Waals surface area contributed by atoms with Crippen molar-refractivity contribution >= 4 is 12.0 Å². The Morgan fingerprint density at radius 2 is 1.91 bits per heavy atom. The number of ether oxygens (including phenoxy) is 2. The number of aryl methyl sites for hydroxylation is 1. The molecular formula is C18H23FO3. The number of carbonyl (C=O) groups excluding carboxylic acids is 1. The van der Waals surface area contributed by atoms with E-state index in [2.05, 4.69) is 0 Å². The molecule has 120 valence electrons. The van der Waals surface area contributed by atoms with Gasteiger partial charge in [0.1, 0.15) is 11.6 Å². The molecule has 1 aromatic rings. The Morgan fingerprint density at radius 1 is 1.27 bits per heavy atom. The maximum absolute atomic E-state index is 14.3. The summed E-state index contributed by atoms with van der Waals surface area (Å²) in [6.07, 6.45) is 2.61. The van der Waals surface area contributed by atoms with Crippen molar-refractivity contribution in [3.05, 3.63) is 45.8 Å². The van der Waals surface area contributed by atoms with Crippen LogP contribution in [0.3, 0.4) is 0 Å². The molecule has 0 bridgehead atoms. The maximum Gasteiger partial charge on any atom is 0.331 e. The second-order valence-electron chi connectivity index (χ2n) is 5.13. The van der Waals surface area contributed by atoms with E-state index in [1.54, 1.807) is 21.0 Å². The molecule has 0 atom stereocenters. The van der Waals surface area contributed by atoms with Crippen LogP contribution in [0.1, 0.15) is 36.1 Å². The molecule has 22 heavy (non-hydrogen) atoms. The standard InChI is InChI=1S/C18H23FO3/c1-7-22-18(20)9-12(3)16(19)10-15-11(2)8-17(21-6)14(5)13(15)4/h8-10H,7H2,1-6H3/b12-9+,16-10-. The summed E-state index contributed by atoms with van der Waals surface area (Å²) in [7, 11) is 1.61. The molecule has 0 heterocycles. The first-order valence-electron chi connectivity index (χ1n) is 7.19. The van der Waals surface area contributed by atoms with E-state index < -0.39 is 11.8 Å². The van der Waals surface area contributed by atoms with E-state index in [0.717, 1.165) is 34.1 Å². The van der Waals surface area contributed by atoms with Crippen LogP contribution in [0.5, 0.6) is 5.75 Å². The summed E-state index contributed by atoms with van der Waals surface area (Å²) < 4.78 is 24.4. The third-order valence-corrected chi connectivity index (χ3v) is 3.60. The van der Waals surface area contributed by atoms with Crippen molar-refractivity contribution in [2.45, 2.75) is 34.6 Å². The van der Waals surface area contributed by atoms with E-state index in [1.807, 2.05) is 26.8 Å². The van der Waals surface area contributed by atoms with Gasteiger partial charge in [-0.3, -0.25) is 0 Å². The summed E-state index contributed by atoms with van der Waals surface area (Å²) in [6.45, 7) is 9.28. The molecule has 0 aliphatic carbocycles. The Kier molecular flexibility index (Phi) is 6.35. The first-order chi connectivity index (χ1) is 10.3. The normalized spacial score (nSPS) is 12.3. The molecule has 0 aliphatic heterocycles. The average molecular weight is 306 g/mol. The van der Waals surface area contributed by atoms with Crippen molar-refractivity contribution in [3.63, 3.8) is 0 Å². The molecule has 4 heteroatoms. The van der Waals surface area contributed by atoms with Gasteiger partial charge in [-0.1, -0.05) is 0 Å². The van der Waals surface area contributed by atoms with Crippen LogP contribution in [0.25, 0.3) is 6.08 Å². The highest BCUT2D eigenvalue weighted by Gasteiger charge is 2.11. The average Bonchev–Trinajstić information content (AvgIpc) is 2.47. The lowest BCUT2D eigenvalue weighted by Crippen LogP contribution is -2.01. The summed E-state index contributed by atoms with van der Waals surface area (Å²) in [5.74, 6) is -0.210. The van der Waals surface area contributed by atoms with Gasteiger partial charge in [-0.15, -0.1) is 0 Å². The third kappa shape index (κ3) is 4.20. The van der Waals surface area contributed by atoms with Gasteiger partial charge in [0.15, 0.2) is 0 Å². The van der Waals surface area contributed by atoms with Crippen LogP contribution in [0, 0.1) is 20.8 Å². The molecule has 0 spiro atoms. The Bertz CT molecular complexity index is 628. The molecule has 1 aromatic carbocycles. The van der Waals surface area contributed by atoms with Crippen LogP contribution in [0.15, 0.2) is 23.5 Å². The predicted octanol–water partition coefficient (Wildman–Crippen LogP) is 4.44. The minimum Gasteiger partial charge on any atom is -0.496 e. The zero-order chi connectivity index (χ0) is 16.9. The fraction of sp³-hybridized carbons (Fsp3) is 0.389. The molecule has 1 rings (SSSR count). The number of hydrogen-bond donors (Lipinski definition) is 0. The fourth-order valence-electron chi connectivity index (χ4n) is 2.17. The fourth-order valence-corrected chi connectivity index (χ4v) is 2.17. The maximum atomic E-state index is 14.3. The summed E-state index contributed by atoms with van der Waals surface area (Å²) in [4.78, 5) is 11.4. The lowest BCUT2D eigenvalue weighted by atomic mass is 9.96. The minimum atomic E-state index is -0.539. The quantitative estimate of drug-likeness (QED) is 0.458. The number of rotatable bonds is 5. The predicted molar refractivity (Wildman–Crippen MR) is 86.7 cm³/mol. The Hall–Kier alpha value is -2.10. The topological polar surface area (TPSA) is 35.5 Å². The van der Waals surface area contributed by atoms with Gasteiger partial charge < -0.3 is 9.47 Å². The number of halogens is 1. The monoisotopic (exact) mass is 306 g/mol. The SMILES string of the molecule is CCOC(=O)/C=C(C)/C(F)=C/c1c(C)cc(OC)c(C)c1C. The second kappa shape index (κ2) is 7.78. The highest BCUT2D eigenvalue weighted by Crippen LogP contribution is 2.30. The summed E-state index contributed by atoms with van der Waals surface area (Å²) >= 11 is 0. The smallest absolute Gasteiger partial charge is 0.331 e. The van der Waals surface area contributed by atoms with E-state index in [1.165, 1.54) is 6.08 Å². The number of allylic oxidation sites excluding steroid dienone is 2. The van der Waals surface area contributed by atoms with Gasteiger partial charge in [0, 0.05) is 6.08 Å². The number of esters is 1. The van der Waals surface area contributed by atoms with Gasteiger partial charge in [0.25, 0.3) is 0 Å². The molecule has 0 unspecified atom stereocenters. The first-order valence-corrected chi connectivity index (χ1v) is 7.19. The van der Waals surface area contributed by atoms with E-state index in [9.17, 15) is 9.18 Å². The highest BCUT2D eigenvalue weighted by atomic mass is 19.1. The first kappa shape index (κ1) is 18.0. The third-order valence-electron chi connectivity index (χ3n) is 3.60. The van der Waals surface area contributed by atoms with Crippen molar-refractivity contribution in [3.8, 4) is 5.75 Å². The largest absolute Gasteiger partial charge is 0.496 e. The van der Waals surface area contributed by atoms with E-state index in [-0.39, 0.29) is 12.2 Å². The molecule has 0 saturated carbocycles. The molecular weight excluding hydrogens is 283 g/mol. The number of benzene rings is 1. The number of hydrogen-bond acceptors (Lipinski definition) is 3. The summed E-state index contributed by atoms with van der Waals surface area (Å²) in [5, 5.41) is 0. The molecule has 0 amide bonds. The van der Waals surface area contributed by atoms with Gasteiger partial charge in [-0.05, 0) is 74.6 Å². The number of carbonyl (C=O) groups is 1. The second-order valence-corrected chi connectivity index (χ2v) is 5.13. The van der Waals surface area contributed by atoms with E-state index >= 15 is 0 Å². The lowest BCUT2D eigenvalue weighted by molar-refractivity contribution is -0.137. The van der Waals surface area contributed by atoms with Crippen molar-refractivity contribution in [1.82, 2.24) is 0 Å². The van der Waals surface area contributed by atoms with Crippen LogP contribution in [-0.4, -0.2) is 19.7 Å². The van der Waals surface area contributed by atoms with Crippen LogP contribution < -0.4 is 4.74 Å². The zero-order valence-corrected chi connectivity index (χ0v) is 14.0. The molecule has 0 fully saturated rings. The van der Waals surface area contributed by atoms with Crippen molar-refractivity contribution in [2.75, 3.05) is 13.7 Å². The van der Waals surface area contributed by atoms with Gasteiger partial charge >= 0.3 is 5.97 Å². The van der Waals surface area contributed by atoms with Crippen LogP contribution >= 0.6 is 0 Å². The van der Waals surface area contributed by atoms with Crippen molar-refractivity contribution in [2.24, 2.45) is 0 Å². The zero-order valence-electron chi connectivity index (χ0n) is 14.0. The molecule has 0 N–H and O–H groups in total. The molecule has 0 saturated heterocycles. The summed E-state index contributed by atoms with van der Waals surface area (Å²) in [5.41, 5.74) is 3.88. The lowest BCUT2D eigenvalue weighted by Gasteiger charge is -2.14. The van der Waals surface area contributed by atoms with Crippen molar-refractivity contribution < 1.29 is 18.7 Å². The van der Waals surface area contributed by atoms with Crippen molar-refractivity contribution in [1.29, 1.82) is 0 Å². The van der Waals surface area contributed by atoms with Gasteiger partial charge in [-0.2, -0.15) is 0 Å². The Balaban J connectivity index is 3.22. The molecule has 0 aliphatic rings. The molecule has 3 nitrogen and oxygen atoms in total. The van der Waals surface area contributed by atoms with Gasteiger partial charge in [-0.25, -0.2) is 9.18 Å². The van der Waals surface area contributed by atoms with E-state index in [0.29, 0.717) is 0 Å². The van der Waals surface area contributed by atoms with Crippen LogP contribution in [-0.2, 0) is 9.53 Å². The minimum absolute atomic E-state index is 0.241. The number of methoxy groups -OCH3 is 1. The Labute approximate surface area is 131 Å². The van der Waals surface area contributed by atoms with Crippen LogP contribution in [0.2, 0.25) is 0 Å². The molecule has 0 aromatic heterocycles. The van der Waals surface area contributed by atoms with Gasteiger partial charge in [0.2, 0.25) is 0 Å². The highest BCUT2D eigenvalue weighted by molar-refractivity contribution is 5.84.